The molecule has 13 aromatic rings. The lowest BCUT2D eigenvalue weighted by atomic mass is 9.92. The van der Waals surface area contributed by atoms with Crippen LogP contribution in [0.4, 0.5) is 17.1 Å². The zero-order valence-corrected chi connectivity index (χ0v) is 38.3. The topological polar surface area (TPSA) is 12.5 Å². The van der Waals surface area contributed by atoms with Gasteiger partial charge in [-0.25, -0.2) is 0 Å². The first-order valence-electron chi connectivity index (χ1n) is 23.6. The van der Waals surface area contributed by atoms with Crippen molar-refractivity contribution in [3.05, 3.63) is 249 Å². The third kappa shape index (κ3) is 6.39. The van der Waals surface area contributed by atoms with Crippen LogP contribution in [-0.4, -0.2) is 0 Å². The quantitative estimate of drug-likeness (QED) is 0.175. The van der Waals surface area contributed by atoms with Gasteiger partial charge in [-0.3, -0.25) is 0 Å². The van der Waals surface area contributed by atoms with E-state index in [9.17, 15) is 0 Å². The van der Waals surface area contributed by atoms with Crippen molar-refractivity contribution >= 4 is 102 Å². The highest BCUT2D eigenvalue weighted by atomic mass is 32.1. The third-order valence-corrected chi connectivity index (χ3v) is 15.2. The van der Waals surface area contributed by atoms with Crippen molar-refractivity contribution in [3.63, 3.8) is 0 Å². The Labute approximate surface area is 403 Å². The molecule has 1 aliphatic rings. The summed E-state index contributed by atoms with van der Waals surface area (Å²) in [5, 5.41) is 14.6. The lowest BCUT2D eigenvalue weighted by molar-refractivity contribution is 0.488. The summed E-state index contributed by atoms with van der Waals surface area (Å²) < 4.78 is 9.24. The van der Waals surface area contributed by atoms with E-state index in [-0.39, 0.29) is 0 Å². The standard InChI is InChI=1S/C66H41NOS/c1-2-18-42(19-3-1)45-20-10-14-30-62(45)67(43-35-37-53-54-27-11-15-31-63(54)68-64-32-16-12-28-55(64)57(53)38-43)44-34-36-52-50-25-7-6-23-48(50)46-21-4-5-22-47(46)49-24-8-9-26-51(49)59-40-61-56-29-13-17-33-65(56)69-66(61)41-60(59)58(52)39-44/h1-41H. The van der Waals surface area contributed by atoms with E-state index in [1.165, 1.54) is 74.0 Å². The summed E-state index contributed by atoms with van der Waals surface area (Å²) in [6.45, 7) is 0. The monoisotopic (exact) mass is 895 g/mol. The second kappa shape index (κ2) is 16.0. The molecule has 0 amide bonds. The van der Waals surface area contributed by atoms with E-state index in [1.807, 2.05) is 17.4 Å². The molecule has 0 radical (unpaired) electrons. The number of hydrogen-bond acceptors (Lipinski definition) is 3. The number of anilines is 3. The normalized spacial score (nSPS) is 11.9. The van der Waals surface area contributed by atoms with Gasteiger partial charge in [0.15, 0.2) is 0 Å². The maximum atomic E-state index is 6.68. The molecule has 14 rings (SSSR count). The van der Waals surface area contributed by atoms with Crippen LogP contribution in [0, 0.1) is 0 Å². The molecule has 0 unspecified atom stereocenters. The fraction of sp³-hybridized carbons (Fsp3) is 0. The van der Waals surface area contributed by atoms with Crippen LogP contribution in [0.2, 0.25) is 0 Å². The minimum atomic E-state index is 0.842. The molecule has 0 fully saturated rings. The lowest BCUT2D eigenvalue weighted by Crippen LogP contribution is -2.11. The van der Waals surface area contributed by atoms with Crippen molar-refractivity contribution < 1.29 is 4.74 Å². The average molecular weight is 896 g/mol. The van der Waals surface area contributed by atoms with Gasteiger partial charge in [0.2, 0.25) is 0 Å². The van der Waals surface area contributed by atoms with Gasteiger partial charge in [-0.1, -0.05) is 188 Å². The minimum Gasteiger partial charge on any atom is -0.456 e. The molecular weight excluding hydrogens is 855 g/mol. The predicted octanol–water partition coefficient (Wildman–Crippen LogP) is 19.5. The Hall–Kier alpha value is -8.76. The number of rotatable bonds is 4. The molecule has 0 saturated carbocycles. The maximum Gasteiger partial charge on any atom is 0.135 e. The van der Waals surface area contributed by atoms with Gasteiger partial charge in [-0.15, -0.1) is 11.3 Å². The Morgan fingerprint density at radius 1 is 0.261 bits per heavy atom. The van der Waals surface area contributed by atoms with Gasteiger partial charge in [-0.05, 0) is 131 Å². The summed E-state index contributed by atoms with van der Waals surface area (Å²) in [6, 6.07) is 91.2. The molecule has 69 heavy (non-hydrogen) atoms. The smallest absolute Gasteiger partial charge is 0.135 e. The molecule has 0 saturated heterocycles. The maximum absolute atomic E-state index is 6.68. The number of thiophene rings is 1. The highest BCUT2D eigenvalue weighted by molar-refractivity contribution is 7.25. The SMILES string of the molecule is c1ccc(-c2ccccc2N(c2ccc3c(c2)-c2ccccc2Oc2ccccc2-3)c2ccc3c4ccccc4c4ccccc4c4ccccc4c4cc5c(cc4c3c2)sc2ccccc25)cc1. The highest BCUT2D eigenvalue weighted by Gasteiger charge is 2.24. The molecule has 0 atom stereocenters. The molecule has 0 aliphatic carbocycles. The van der Waals surface area contributed by atoms with E-state index in [2.05, 4.69) is 248 Å². The molecule has 1 aliphatic heterocycles. The molecule has 3 heteroatoms. The van der Waals surface area contributed by atoms with Crippen LogP contribution in [0.3, 0.4) is 0 Å². The van der Waals surface area contributed by atoms with Gasteiger partial charge in [0, 0.05) is 48.2 Å². The van der Waals surface area contributed by atoms with Crippen molar-refractivity contribution in [2.75, 3.05) is 4.90 Å². The van der Waals surface area contributed by atoms with Crippen LogP contribution in [0.1, 0.15) is 0 Å². The molecule has 1 aromatic heterocycles. The Balaban J connectivity index is 1.15. The van der Waals surface area contributed by atoms with Crippen molar-refractivity contribution in [2.24, 2.45) is 0 Å². The van der Waals surface area contributed by atoms with Gasteiger partial charge in [-0.2, -0.15) is 0 Å². The Kier molecular flexibility index (Phi) is 9.11. The summed E-state index contributed by atoms with van der Waals surface area (Å²) in [5.74, 6) is 1.70. The van der Waals surface area contributed by atoms with Crippen LogP contribution in [0.25, 0.3) is 107 Å². The molecule has 12 aromatic carbocycles. The van der Waals surface area contributed by atoms with Crippen LogP contribution in [-0.2, 0) is 0 Å². The molecule has 0 N–H and O–H groups in total. The fourth-order valence-corrected chi connectivity index (χ4v) is 12.1. The third-order valence-electron chi connectivity index (χ3n) is 14.1. The minimum absolute atomic E-state index is 0.842. The van der Waals surface area contributed by atoms with Gasteiger partial charge >= 0.3 is 0 Å². The van der Waals surface area contributed by atoms with Gasteiger partial charge in [0.1, 0.15) is 11.5 Å². The summed E-state index contributed by atoms with van der Waals surface area (Å²) in [6.07, 6.45) is 0. The summed E-state index contributed by atoms with van der Waals surface area (Å²) in [7, 11) is 0. The molecule has 2 heterocycles. The van der Waals surface area contributed by atoms with E-state index >= 15 is 0 Å². The average Bonchev–Trinajstić information content (AvgIpc) is 3.72. The van der Waals surface area contributed by atoms with Crippen LogP contribution >= 0.6 is 11.3 Å². The Bertz CT molecular complexity index is 4300. The van der Waals surface area contributed by atoms with Crippen LogP contribution in [0.5, 0.6) is 11.5 Å². The largest absolute Gasteiger partial charge is 0.456 e. The van der Waals surface area contributed by atoms with E-state index in [0.29, 0.717) is 0 Å². The predicted molar refractivity (Wildman–Crippen MR) is 296 cm³/mol. The number of ether oxygens (including phenoxy) is 1. The lowest BCUT2D eigenvalue weighted by Gasteiger charge is -2.29. The molecule has 322 valence electrons. The van der Waals surface area contributed by atoms with Crippen molar-refractivity contribution in [3.8, 4) is 44.9 Å². The first-order chi connectivity index (χ1) is 34.2. The highest BCUT2D eigenvalue weighted by Crippen LogP contribution is 2.51. The summed E-state index contributed by atoms with van der Waals surface area (Å²) in [4.78, 5) is 2.47. The van der Waals surface area contributed by atoms with Crippen molar-refractivity contribution in [1.82, 2.24) is 0 Å². The molecule has 0 spiro atoms. The number of para-hydroxylation sites is 3. The van der Waals surface area contributed by atoms with Crippen LogP contribution < -0.4 is 9.64 Å². The number of nitrogens with zero attached hydrogens (tertiary/aromatic N) is 1. The Morgan fingerprint density at radius 2 is 0.725 bits per heavy atom. The molecular formula is C66H41NOS. The van der Waals surface area contributed by atoms with Gasteiger partial charge in [0.25, 0.3) is 0 Å². The van der Waals surface area contributed by atoms with Gasteiger partial charge in [0.05, 0.1) is 5.69 Å². The second-order valence-corrected chi connectivity index (χ2v) is 19.0. The number of fused-ring (bicyclic) bond motifs is 18. The second-order valence-electron chi connectivity index (χ2n) is 17.9. The van der Waals surface area contributed by atoms with Gasteiger partial charge < -0.3 is 9.64 Å². The molecule has 2 nitrogen and oxygen atoms in total. The Morgan fingerprint density at radius 3 is 1.39 bits per heavy atom. The molecule has 0 bridgehead atoms. The van der Waals surface area contributed by atoms with E-state index in [0.717, 1.165) is 61.9 Å². The zero-order chi connectivity index (χ0) is 45.4. The van der Waals surface area contributed by atoms with Crippen molar-refractivity contribution in [2.45, 2.75) is 0 Å². The van der Waals surface area contributed by atoms with E-state index in [4.69, 9.17) is 4.74 Å². The first kappa shape index (κ1) is 39.4. The fourth-order valence-electron chi connectivity index (χ4n) is 11.0. The zero-order valence-electron chi connectivity index (χ0n) is 37.4. The summed E-state index contributed by atoms with van der Waals surface area (Å²) in [5.41, 5.74) is 9.88. The van der Waals surface area contributed by atoms with Crippen LogP contribution in [0.15, 0.2) is 249 Å². The number of hydrogen-bond donors (Lipinski definition) is 0. The summed E-state index contributed by atoms with van der Waals surface area (Å²) >= 11 is 1.87. The first-order valence-corrected chi connectivity index (χ1v) is 24.4. The van der Waals surface area contributed by atoms with E-state index < -0.39 is 0 Å². The van der Waals surface area contributed by atoms with Crippen molar-refractivity contribution in [1.29, 1.82) is 0 Å². The van der Waals surface area contributed by atoms with E-state index in [1.54, 1.807) is 0 Å². The number of benzene rings is 11.